The van der Waals surface area contributed by atoms with Crippen LogP contribution in [0.3, 0.4) is 0 Å². The highest BCUT2D eigenvalue weighted by atomic mass is 16.8. The van der Waals surface area contributed by atoms with E-state index >= 15 is 0 Å². The molecule has 6 rings (SSSR count). The Balaban J connectivity index is 1.23. The molecule has 2 saturated carbocycles. The Morgan fingerprint density at radius 3 is 2.26 bits per heavy atom. The summed E-state index contributed by atoms with van der Waals surface area (Å²) in [6.45, 7) is 14.7. The van der Waals surface area contributed by atoms with E-state index in [1.54, 1.807) is 0 Å². The molecule has 53 heavy (non-hydrogen) atoms. The number of carboxylic acids is 1. The fraction of sp³-hybridized carbons (Fsp3) is 0.878. The summed E-state index contributed by atoms with van der Waals surface area (Å²) in [5.41, 5.74) is 2.06. The molecule has 4 aliphatic carbocycles. The summed E-state index contributed by atoms with van der Waals surface area (Å²) in [6, 6.07) is 0. The van der Waals surface area contributed by atoms with Gasteiger partial charge in [0.25, 0.3) is 0 Å². The van der Waals surface area contributed by atoms with Crippen LogP contribution in [-0.2, 0) is 23.7 Å². The lowest BCUT2D eigenvalue weighted by Crippen LogP contribution is -2.64. The Hall–Kier alpha value is -1.45. The normalized spacial score (nSPS) is 47.3. The van der Waals surface area contributed by atoms with Crippen molar-refractivity contribution in [2.24, 2.45) is 39.4 Å². The highest BCUT2D eigenvalue weighted by Gasteiger charge is 2.68. The molecule has 12 nitrogen and oxygen atoms in total. The van der Waals surface area contributed by atoms with E-state index in [4.69, 9.17) is 18.9 Å². The van der Waals surface area contributed by atoms with Crippen LogP contribution in [0, 0.1) is 39.4 Å². The van der Waals surface area contributed by atoms with Gasteiger partial charge in [0.05, 0.1) is 24.7 Å². The molecule has 6 aliphatic rings. The van der Waals surface area contributed by atoms with E-state index in [-0.39, 0.29) is 29.5 Å². The number of hydrogen-bond donors (Lipinski definition) is 7. The van der Waals surface area contributed by atoms with E-state index in [0.29, 0.717) is 24.7 Å². The first-order valence-corrected chi connectivity index (χ1v) is 20.0. The summed E-state index contributed by atoms with van der Waals surface area (Å²) < 4.78 is 24.1. The first kappa shape index (κ1) is 41.2. The van der Waals surface area contributed by atoms with Crippen molar-refractivity contribution in [2.75, 3.05) is 13.2 Å². The molecular weight excluding hydrogens is 684 g/mol. The van der Waals surface area contributed by atoms with E-state index < -0.39 is 78.7 Å². The number of carboxylic acid groups (broad SMARTS) is 1. The number of aliphatic carboxylic acids is 1. The number of allylic oxidation sites excluding steroid dienone is 3. The van der Waals surface area contributed by atoms with Crippen LogP contribution < -0.4 is 0 Å². The second kappa shape index (κ2) is 15.1. The van der Waals surface area contributed by atoms with E-state index in [2.05, 4.69) is 54.5 Å². The minimum atomic E-state index is -1.71. The van der Waals surface area contributed by atoms with Crippen molar-refractivity contribution >= 4 is 5.97 Å². The molecule has 0 amide bonds. The summed E-state index contributed by atoms with van der Waals surface area (Å²) in [6.07, 6.45) is -2.59. The van der Waals surface area contributed by atoms with Gasteiger partial charge < -0.3 is 54.7 Å². The molecule has 0 radical (unpaired) electrons. The summed E-state index contributed by atoms with van der Waals surface area (Å²) in [5.74, 6) is 0.302. The molecule has 0 spiro atoms. The van der Waals surface area contributed by atoms with Gasteiger partial charge in [-0.2, -0.15) is 0 Å². The highest BCUT2D eigenvalue weighted by molar-refractivity contribution is 5.82. The van der Waals surface area contributed by atoms with E-state index in [1.807, 2.05) is 0 Å². The van der Waals surface area contributed by atoms with Crippen LogP contribution in [0.25, 0.3) is 0 Å². The number of aliphatic hydroxyl groups excluding tert-OH is 6. The molecule has 302 valence electrons. The molecule has 2 aliphatic heterocycles. The fourth-order valence-corrected chi connectivity index (χ4v) is 12.3. The van der Waals surface area contributed by atoms with Crippen molar-refractivity contribution in [2.45, 2.75) is 174 Å². The lowest BCUT2D eigenvalue weighted by molar-refractivity contribution is -0.365. The van der Waals surface area contributed by atoms with E-state index in [9.17, 15) is 40.5 Å². The van der Waals surface area contributed by atoms with Crippen LogP contribution >= 0.6 is 0 Å². The highest BCUT2D eigenvalue weighted by Crippen LogP contribution is 2.73. The monoisotopic (exact) mass is 750 g/mol. The Kier molecular flexibility index (Phi) is 11.8. The zero-order valence-corrected chi connectivity index (χ0v) is 32.7. The Labute approximate surface area is 314 Å². The van der Waals surface area contributed by atoms with Crippen LogP contribution in [0.1, 0.15) is 113 Å². The van der Waals surface area contributed by atoms with Crippen molar-refractivity contribution in [1.82, 2.24) is 0 Å². The number of ether oxygens (including phenoxy) is 4. The first-order chi connectivity index (χ1) is 24.8. The van der Waals surface area contributed by atoms with E-state index in [0.717, 1.165) is 51.4 Å². The van der Waals surface area contributed by atoms with Gasteiger partial charge in [0.2, 0.25) is 0 Å². The summed E-state index contributed by atoms with van der Waals surface area (Å²) in [5, 5.41) is 73.7. The van der Waals surface area contributed by atoms with Gasteiger partial charge in [-0.1, -0.05) is 57.4 Å². The van der Waals surface area contributed by atoms with Crippen molar-refractivity contribution in [3.05, 3.63) is 22.8 Å². The van der Waals surface area contributed by atoms with Crippen molar-refractivity contribution in [3.63, 3.8) is 0 Å². The standard InChI is InChI=1S/C41H66O12/c1-21(2)9-8-10-22(3)23-14-18-41(37(48)49)25-11-12-28-38(4,5)29(15-16-39(28,6)24(25)13-17-40(23,41)7)52-36-34(30(44)26(43)20-50-36)53-35-33(47)32(46)31(45)27(19-42)51-35/h9,22-23,26-36,42-47H,8,10-20H2,1-7H3,(H,48,49)/t22?,23?,26-,27+,28?,29-,30-,31-,32-,33?,34?,35-,36-,39+,40+,41?/m0/s1. The second-order valence-electron chi connectivity index (χ2n) is 18.6. The topological polar surface area (TPSA) is 196 Å². The van der Waals surface area contributed by atoms with Gasteiger partial charge in [-0.3, -0.25) is 4.79 Å². The third-order valence-electron chi connectivity index (χ3n) is 15.3. The zero-order valence-electron chi connectivity index (χ0n) is 32.7. The Morgan fingerprint density at radius 2 is 1.60 bits per heavy atom. The van der Waals surface area contributed by atoms with Gasteiger partial charge in [0.15, 0.2) is 12.6 Å². The van der Waals surface area contributed by atoms with Gasteiger partial charge in [-0.15, -0.1) is 0 Å². The third kappa shape index (κ3) is 6.68. The third-order valence-corrected chi connectivity index (χ3v) is 15.3. The maximum atomic E-state index is 13.7. The SMILES string of the molecule is CC(C)=CCCC(C)C1CCC2(C(=O)O)C3=C(CC[C@]12C)[C@@]1(C)CC[C@H](O[C@@H]2OC[C@H](O)[C@H](O)C2O[C@@H]2O[C@H](CO)[C@H](O)[C@H](O)C2O)C(C)(C)C1CC3. The van der Waals surface area contributed by atoms with Crippen LogP contribution in [0.5, 0.6) is 0 Å². The molecule has 0 bridgehead atoms. The molecule has 0 aromatic rings. The van der Waals surface area contributed by atoms with Crippen LogP contribution in [-0.4, -0.2) is 116 Å². The summed E-state index contributed by atoms with van der Waals surface area (Å²) >= 11 is 0. The minimum absolute atomic E-state index is 0.173. The number of rotatable bonds is 10. The predicted octanol–water partition coefficient (Wildman–Crippen LogP) is 3.83. The molecule has 2 saturated heterocycles. The lowest BCUT2D eigenvalue weighted by atomic mass is 9.43. The minimum Gasteiger partial charge on any atom is -0.481 e. The largest absolute Gasteiger partial charge is 0.481 e. The smallest absolute Gasteiger partial charge is 0.314 e. The zero-order chi connectivity index (χ0) is 38.8. The molecule has 12 heteroatoms. The number of carbonyl (C=O) groups is 1. The molecule has 7 N–H and O–H groups in total. The summed E-state index contributed by atoms with van der Waals surface area (Å²) in [4.78, 5) is 13.7. The Morgan fingerprint density at radius 1 is 0.887 bits per heavy atom. The quantitative estimate of drug-likeness (QED) is 0.160. The van der Waals surface area contributed by atoms with E-state index in [1.165, 1.54) is 16.7 Å². The molecule has 0 aromatic carbocycles. The Bertz CT molecular complexity index is 1410. The molecule has 2 heterocycles. The number of fused-ring (bicyclic) bond motifs is 4. The molecule has 4 fully saturated rings. The van der Waals surface area contributed by atoms with Crippen molar-refractivity contribution < 1.29 is 59.5 Å². The predicted molar refractivity (Wildman–Crippen MR) is 194 cm³/mol. The maximum Gasteiger partial charge on any atom is 0.314 e. The van der Waals surface area contributed by atoms with Gasteiger partial charge in [-0.25, -0.2) is 0 Å². The number of aliphatic hydroxyl groups is 6. The molecule has 6 unspecified atom stereocenters. The van der Waals surface area contributed by atoms with Gasteiger partial charge in [0.1, 0.15) is 42.7 Å². The lowest BCUT2D eigenvalue weighted by Gasteiger charge is -2.62. The van der Waals surface area contributed by atoms with Crippen LogP contribution in [0.2, 0.25) is 0 Å². The van der Waals surface area contributed by atoms with Crippen LogP contribution in [0.4, 0.5) is 0 Å². The second-order valence-corrected chi connectivity index (χ2v) is 18.6. The molecular formula is C41H66O12. The fourth-order valence-electron chi connectivity index (χ4n) is 12.3. The van der Waals surface area contributed by atoms with Gasteiger partial charge >= 0.3 is 5.97 Å². The van der Waals surface area contributed by atoms with Crippen LogP contribution in [0.15, 0.2) is 22.8 Å². The van der Waals surface area contributed by atoms with Gasteiger partial charge in [0, 0.05) is 0 Å². The summed E-state index contributed by atoms with van der Waals surface area (Å²) in [7, 11) is 0. The average Bonchev–Trinajstić information content (AvgIpc) is 3.43. The molecule has 0 aromatic heterocycles. The van der Waals surface area contributed by atoms with Crippen molar-refractivity contribution in [3.8, 4) is 0 Å². The van der Waals surface area contributed by atoms with Crippen molar-refractivity contribution in [1.29, 1.82) is 0 Å². The average molecular weight is 751 g/mol. The molecule has 16 atom stereocenters. The van der Waals surface area contributed by atoms with Gasteiger partial charge in [-0.05, 0) is 112 Å². The first-order valence-electron chi connectivity index (χ1n) is 20.0. The maximum absolute atomic E-state index is 13.7. The number of hydrogen-bond acceptors (Lipinski definition) is 11.